The van der Waals surface area contributed by atoms with Crippen molar-refractivity contribution >= 4 is 16.9 Å². The van der Waals surface area contributed by atoms with Crippen molar-refractivity contribution in [3.05, 3.63) is 114 Å². The number of nitrogens with one attached hydrogen (secondary N) is 1. The summed E-state index contributed by atoms with van der Waals surface area (Å²) in [5, 5.41) is 7.05. The van der Waals surface area contributed by atoms with Crippen LogP contribution in [0.15, 0.2) is 91.4 Å². The first kappa shape index (κ1) is 19.7. The summed E-state index contributed by atoms with van der Waals surface area (Å²) in [5.74, 6) is -0.708. The first-order chi connectivity index (χ1) is 15.7. The molecule has 0 saturated heterocycles. The third kappa shape index (κ3) is 4.00. The van der Waals surface area contributed by atoms with Crippen LogP contribution in [0.3, 0.4) is 0 Å². The van der Waals surface area contributed by atoms with Crippen LogP contribution < -0.4 is 5.32 Å². The molecule has 0 bridgehead atoms. The van der Waals surface area contributed by atoms with Gasteiger partial charge >= 0.3 is 0 Å². The van der Waals surface area contributed by atoms with Crippen molar-refractivity contribution in [1.82, 2.24) is 24.6 Å². The first-order valence-corrected chi connectivity index (χ1v) is 10.2. The van der Waals surface area contributed by atoms with Crippen molar-refractivity contribution in [1.29, 1.82) is 0 Å². The molecule has 0 aliphatic carbocycles. The van der Waals surface area contributed by atoms with E-state index in [-0.39, 0.29) is 11.6 Å². The Morgan fingerprint density at radius 2 is 1.66 bits per heavy atom. The highest BCUT2D eigenvalue weighted by molar-refractivity contribution is 5.92. The van der Waals surface area contributed by atoms with Gasteiger partial charge in [0.1, 0.15) is 11.5 Å². The Morgan fingerprint density at radius 1 is 0.906 bits per heavy atom. The van der Waals surface area contributed by atoms with Crippen LogP contribution in [0.2, 0.25) is 0 Å². The van der Waals surface area contributed by atoms with Gasteiger partial charge in [-0.3, -0.25) is 4.79 Å². The summed E-state index contributed by atoms with van der Waals surface area (Å²) in [5.41, 5.74) is 4.73. The van der Waals surface area contributed by atoms with Gasteiger partial charge in [0.15, 0.2) is 5.69 Å². The van der Waals surface area contributed by atoms with Crippen molar-refractivity contribution in [2.75, 3.05) is 0 Å². The summed E-state index contributed by atoms with van der Waals surface area (Å²) in [6, 6.07) is 24.0. The molecule has 0 aliphatic heterocycles. The van der Waals surface area contributed by atoms with Gasteiger partial charge in [0.05, 0.1) is 17.4 Å². The zero-order chi connectivity index (χ0) is 21.9. The highest BCUT2D eigenvalue weighted by Crippen LogP contribution is 2.15. The molecular formula is C25H20FN5O. The minimum Gasteiger partial charge on any atom is -0.347 e. The molecule has 0 aliphatic rings. The molecule has 0 saturated carbocycles. The molecule has 0 atom stereocenters. The molecule has 0 fully saturated rings. The van der Waals surface area contributed by atoms with Gasteiger partial charge in [-0.2, -0.15) is 5.10 Å². The Bertz CT molecular complexity index is 1390. The van der Waals surface area contributed by atoms with E-state index in [9.17, 15) is 9.18 Å². The van der Waals surface area contributed by atoms with Gasteiger partial charge in [-0.15, -0.1) is 0 Å². The molecule has 0 spiro atoms. The Labute approximate surface area is 184 Å². The second-order valence-electron chi connectivity index (χ2n) is 7.46. The van der Waals surface area contributed by atoms with Gasteiger partial charge in [0.25, 0.3) is 5.91 Å². The fourth-order valence-electron chi connectivity index (χ4n) is 3.59. The second kappa shape index (κ2) is 8.47. The number of aromatic nitrogens is 4. The van der Waals surface area contributed by atoms with E-state index < -0.39 is 5.82 Å². The lowest BCUT2D eigenvalue weighted by Gasteiger charge is -2.07. The number of halogens is 1. The zero-order valence-electron chi connectivity index (χ0n) is 17.1. The van der Waals surface area contributed by atoms with E-state index in [0.717, 1.165) is 28.7 Å². The van der Waals surface area contributed by atoms with Gasteiger partial charge in [-0.1, -0.05) is 48.5 Å². The van der Waals surface area contributed by atoms with E-state index in [4.69, 9.17) is 0 Å². The van der Waals surface area contributed by atoms with Crippen molar-refractivity contribution in [2.24, 2.45) is 0 Å². The second-order valence-corrected chi connectivity index (χ2v) is 7.46. The molecule has 32 heavy (non-hydrogen) atoms. The van der Waals surface area contributed by atoms with Crippen LogP contribution in [0, 0.1) is 5.82 Å². The maximum absolute atomic E-state index is 13.9. The summed E-state index contributed by atoms with van der Waals surface area (Å²) in [6.45, 7) is 1.10. The number of fused-ring (bicyclic) bond motifs is 1. The molecule has 5 rings (SSSR count). The number of benzene rings is 3. The van der Waals surface area contributed by atoms with Gasteiger partial charge in [0.2, 0.25) is 0 Å². The highest BCUT2D eigenvalue weighted by Gasteiger charge is 2.12. The summed E-state index contributed by atoms with van der Waals surface area (Å²) in [7, 11) is 0. The number of rotatable bonds is 6. The summed E-state index contributed by atoms with van der Waals surface area (Å²) in [6.07, 6.45) is 3.42. The molecule has 2 aromatic heterocycles. The van der Waals surface area contributed by atoms with Crippen molar-refractivity contribution in [3.63, 3.8) is 0 Å². The van der Waals surface area contributed by atoms with Crippen LogP contribution in [0.1, 0.15) is 21.6 Å². The maximum Gasteiger partial charge on any atom is 0.272 e. The number of carbonyl (C=O) groups excluding carboxylic acids is 1. The minimum atomic E-state index is -0.397. The smallest absolute Gasteiger partial charge is 0.272 e. The Balaban J connectivity index is 1.21. The summed E-state index contributed by atoms with van der Waals surface area (Å²) >= 11 is 0. The molecule has 158 valence electrons. The highest BCUT2D eigenvalue weighted by atomic mass is 19.1. The van der Waals surface area contributed by atoms with Crippen LogP contribution in [-0.2, 0) is 13.1 Å². The maximum atomic E-state index is 13.9. The van der Waals surface area contributed by atoms with Gasteiger partial charge in [-0.05, 0) is 41.5 Å². The Morgan fingerprint density at radius 3 is 2.50 bits per heavy atom. The number of hydrogen-bond donors (Lipinski definition) is 1. The van der Waals surface area contributed by atoms with E-state index in [1.54, 1.807) is 30.5 Å². The van der Waals surface area contributed by atoms with Crippen molar-refractivity contribution < 1.29 is 9.18 Å². The van der Waals surface area contributed by atoms with Crippen LogP contribution in [0.25, 0.3) is 16.7 Å². The quantitative estimate of drug-likeness (QED) is 0.440. The van der Waals surface area contributed by atoms with E-state index >= 15 is 0 Å². The lowest BCUT2D eigenvalue weighted by Crippen LogP contribution is -2.23. The number of amides is 1. The SMILES string of the molecule is O=C(NCc1ccc(Cn2cnc3ccccc32)cc1)c1ccn(-c2ccccc2F)n1. The van der Waals surface area contributed by atoms with E-state index in [1.807, 2.05) is 48.8 Å². The van der Waals surface area contributed by atoms with E-state index in [0.29, 0.717) is 12.2 Å². The van der Waals surface area contributed by atoms with E-state index in [1.165, 1.54) is 10.7 Å². The molecule has 1 amide bonds. The summed E-state index contributed by atoms with van der Waals surface area (Å²) in [4.78, 5) is 16.9. The van der Waals surface area contributed by atoms with Crippen LogP contribution in [0.4, 0.5) is 4.39 Å². The molecular weight excluding hydrogens is 405 g/mol. The number of carbonyl (C=O) groups is 1. The lowest BCUT2D eigenvalue weighted by atomic mass is 10.1. The molecule has 7 heteroatoms. The van der Waals surface area contributed by atoms with Crippen LogP contribution in [0.5, 0.6) is 0 Å². The standard InChI is InChI=1S/C25H20FN5O/c26-20-5-1-3-7-23(20)31-14-13-22(29-31)25(32)27-15-18-9-11-19(12-10-18)16-30-17-28-21-6-2-4-8-24(21)30/h1-14,17H,15-16H2,(H,27,32). The molecule has 0 unspecified atom stereocenters. The minimum absolute atomic E-state index is 0.233. The van der Waals surface area contributed by atoms with Gasteiger partial charge in [-0.25, -0.2) is 14.1 Å². The lowest BCUT2D eigenvalue weighted by molar-refractivity contribution is 0.0945. The third-order valence-corrected chi connectivity index (χ3v) is 5.28. The fourth-order valence-corrected chi connectivity index (χ4v) is 3.59. The molecule has 1 N–H and O–H groups in total. The number of para-hydroxylation sites is 3. The molecule has 0 radical (unpaired) electrons. The molecule has 5 aromatic rings. The fraction of sp³-hybridized carbons (Fsp3) is 0.0800. The predicted molar refractivity (Wildman–Crippen MR) is 120 cm³/mol. The molecule has 3 aromatic carbocycles. The van der Waals surface area contributed by atoms with Gasteiger partial charge < -0.3 is 9.88 Å². The average molecular weight is 425 g/mol. The number of hydrogen-bond acceptors (Lipinski definition) is 3. The Hall–Kier alpha value is -4.26. The van der Waals surface area contributed by atoms with Crippen LogP contribution in [-0.4, -0.2) is 25.2 Å². The molecule has 2 heterocycles. The Kier molecular flexibility index (Phi) is 5.21. The largest absolute Gasteiger partial charge is 0.347 e. The topological polar surface area (TPSA) is 64.7 Å². The number of imidazole rings is 1. The van der Waals surface area contributed by atoms with E-state index in [2.05, 4.69) is 26.0 Å². The van der Waals surface area contributed by atoms with Gasteiger partial charge in [0, 0.05) is 19.3 Å². The average Bonchev–Trinajstić information content (AvgIpc) is 3.47. The summed E-state index contributed by atoms with van der Waals surface area (Å²) < 4.78 is 17.4. The normalized spacial score (nSPS) is 11.0. The third-order valence-electron chi connectivity index (χ3n) is 5.28. The van der Waals surface area contributed by atoms with Crippen molar-refractivity contribution in [3.8, 4) is 5.69 Å². The number of nitrogens with zero attached hydrogens (tertiary/aromatic N) is 4. The predicted octanol–water partition coefficient (Wildman–Crippen LogP) is 4.34. The van der Waals surface area contributed by atoms with Crippen LogP contribution >= 0.6 is 0 Å². The van der Waals surface area contributed by atoms with Crippen molar-refractivity contribution in [2.45, 2.75) is 13.1 Å². The first-order valence-electron chi connectivity index (χ1n) is 10.2. The zero-order valence-corrected chi connectivity index (χ0v) is 17.1. The monoisotopic (exact) mass is 425 g/mol. The molecule has 6 nitrogen and oxygen atoms in total.